The van der Waals surface area contributed by atoms with Crippen LogP contribution in [-0.4, -0.2) is 34.2 Å². The second-order valence-corrected chi connectivity index (χ2v) is 7.67. The van der Waals surface area contributed by atoms with Crippen LogP contribution < -0.4 is 0 Å². The Kier molecular flexibility index (Phi) is 7.24. The van der Waals surface area contributed by atoms with Gasteiger partial charge in [-0.3, -0.25) is 0 Å². The average molecular weight is 468 g/mol. The summed E-state index contributed by atoms with van der Waals surface area (Å²) in [4.78, 5) is 4.45. The molecule has 6 heteroatoms. The van der Waals surface area contributed by atoms with E-state index in [4.69, 9.17) is 9.47 Å². The van der Waals surface area contributed by atoms with Crippen LogP contribution in [0, 0.1) is 3.57 Å². The van der Waals surface area contributed by atoms with Crippen molar-refractivity contribution in [3.63, 3.8) is 0 Å². The summed E-state index contributed by atoms with van der Waals surface area (Å²) in [6, 6.07) is 8.07. The second-order valence-electron chi connectivity index (χ2n) is 6.43. The zero-order valence-electron chi connectivity index (χ0n) is 14.9. The Hall–Kier alpha value is -1.22. The lowest BCUT2D eigenvalue weighted by Crippen LogP contribution is -2.25. The number of nitrogens with zero attached hydrogens (tertiary/aromatic N) is 2. The van der Waals surface area contributed by atoms with Gasteiger partial charge < -0.3 is 19.1 Å². The highest BCUT2D eigenvalue weighted by molar-refractivity contribution is 14.1. The quantitative estimate of drug-likeness (QED) is 0.615. The first-order valence-electron chi connectivity index (χ1n) is 9.02. The van der Waals surface area contributed by atoms with Gasteiger partial charge in [-0.15, -0.1) is 0 Å². The van der Waals surface area contributed by atoms with Crippen LogP contribution in [0.5, 0.6) is 0 Å². The maximum Gasteiger partial charge on any atom is 0.158 e. The molecule has 0 spiro atoms. The number of aliphatic hydroxyl groups is 1. The minimum absolute atomic E-state index is 0.00310. The van der Waals surface area contributed by atoms with Crippen LogP contribution in [0.1, 0.15) is 49.7 Å². The number of hydrogen-bond acceptors (Lipinski definition) is 4. The number of aromatic nitrogens is 2. The van der Waals surface area contributed by atoms with Crippen molar-refractivity contribution in [3.05, 3.63) is 57.7 Å². The monoisotopic (exact) mass is 468 g/mol. The lowest BCUT2D eigenvalue weighted by atomic mass is 10.1. The molecule has 1 N–H and O–H groups in total. The highest BCUT2D eigenvalue weighted by atomic mass is 127. The van der Waals surface area contributed by atoms with Gasteiger partial charge in [0.05, 0.1) is 12.6 Å². The largest absolute Gasteiger partial charge is 0.394 e. The van der Waals surface area contributed by atoms with Crippen molar-refractivity contribution in [1.29, 1.82) is 0 Å². The molecular weight excluding hydrogens is 443 g/mol. The van der Waals surface area contributed by atoms with E-state index < -0.39 is 0 Å². The SMILES string of the molecule is CC(OC1CCCCO1)c1nccn1C(/C=C/c1ccc(I)cc1)CO. The van der Waals surface area contributed by atoms with Crippen molar-refractivity contribution in [3.8, 4) is 0 Å². The zero-order chi connectivity index (χ0) is 18.4. The Morgan fingerprint density at radius 1 is 1.38 bits per heavy atom. The molecule has 3 atom stereocenters. The molecule has 0 saturated carbocycles. The maximum atomic E-state index is 9.88. The van der Waals surface area contributed by atoms with Gasteiger partial charge in [0.1, 0.15) is 11.9 Å². The van der Waals surface area contributed by atoms with E-state index in [1.165, 1.54) is 3.57 Å². The molecule has 1 saturated heterocycles. The fourth-order valence-corrected chi connectivity index (χ4v) is 3.42. The number of hydrogen-bond donors (Lipinski definition) is 1. The molecule has 1 aliphatic rings. The van der Waals surface area contributed by atoms with Crippen LogP contribution in [0.2, 0.25) is 0 Å². The van der Waals surface area contributed by atoms with Crippen LogP contribution >= 0.6 is 22.6 Å². The van der Waals surface area contributed by atoms with Gasteiger partial charge in [0.25, 0.3) is 0 Å². The van der Waals surface area contributed by atoms with E-state index in [2.05, 4.69) is 51.8 Å². The summed E-state index contributed by atoms with van der Waals surface area (Å²) in [6.45, 7) is 2.73. The lowest BCUT2D eigenvalue weighted by Gasteiger charge is -2.27. The predicted octanol–water partition coefficient (Wildman–Crippen LogP) is 4.34. The van der Waals surface area contributed by atoms with Gasteiger partial charge >= 0.3 is 0 Å². The smallest absolute Gasteiger partial charge is 0.158 e. The van der Waals surface area contributed by atoms with E-state index in [1.54, 1.807) is 6.20 Å². The van der Waals surface area contributed by atoms with E-state index in [-0.39, 0.29) is 25.0 Å². The van der Waals surface area contributed by atoms with Crippen molar-refractivity contribution in [2.75, 3.05) is 13.2 Å². The normalized spacial score (nSPS) is 20.3. The standard InChI is InChI=1S/C20H25IN2O3/c1-15(26-19-4-2-3-13-25-19)20-22-11-12-23(20)18(14-24)10-7-16-5-8-17(21)9-6-16/h5-12,15,18-19,24H,2-4,13-14H2,1H3/b10-7+. The maximum absolute atomic E-state index is 9.88. The fraction of sp³-hybridized carbons (Fsp3) is 0.450. The first-order chi connectivity index (χ1) is 12.7. The topological polar surface area (TPSA) is 56.5 Å². The Bertz CT molecular complexity index is 708. The second kappa shape index (κ2) is 9.64. The minimum atomic E-state index is -0.200. The molecule has 2 heterocycles. The van der Waals surface area contributed by atoms with Crippen LogP contribution in [0.3, 0.4) is 0 Å². The summed E-state index contributed by atoms with van der Waals surface area (Å²) in [5, 5.41) is 9.88. The van der Waals surface area contributed by atoms with Crippen LogP contribution in [-0.2, 0) is 9.47 Å². The van der Waals surface area contributed by atoms with Crippen LogP contribution in [0.4, 0.5) is 0 Å². The molecule has 3 rings (SSSR count). The van der Waals surface area contributed by atoms with Gasteiger partial charge in [0.15, 0.2) is 6.29 Å². The molecule has 1 aliphatic heterocycles. The molecule has 0 radical (unpaired) electrons. The molecule has 1 aromatic heterocycles. The molecule has 26 heavy (non-hydrogen) atoms. The third-order valence-corrected chi connectivity index (χ3v) is 5.20. The number of rotatable bonds is 7. The Labute approximate surface area is 168 Å². The van der Waals surface area contributed by atoms with Gasteiger partial charge in [-0.05, 0) is 66.5 Å². The van der Waals surface area contributed by atoms with Crippen molar-refractivity contribution >= 4 is 28.7 Å². The van der Waals surface area contributed by atoms with Crippen LogP contribution in [0.15, 0.2) is 42.7 Å². The molecule has 2 aromatic rings. The minimum Gasteiger partial charge on any atom is -0.394 e. The lowest BCUT2D eigenvalue weighted by molar-refractivity contribution is -0.188. The molecule has 0 aliphatic carbocycles. The van der Waals surface area contributed by atoms with Crippen molar-refractivity contribution in [2.45, 2.75) is 44.6 Å². The van der Waals surface area contributed by atoms with Gasteiger partial charge in [0.2, 0.25) is 0 Å². The molecule has 0 bridgehead atoms. The molecule has 0 amide bonds. The number of imidazole rings is 1. The third kappa shape index (κ3) is 5.16. The molecule has 5 nitrogen and oxygen atoms in total. The van der Waals surface area contributed by atoms with E-state index in [0.717, 1.165) is 37.3 Å². The molecule has 1 fully saturated rings. The average Bonchev–Trinajstić information content (AvgIpc) is 3.14. The van der Waals surface area contributed by atoms with Crippen LogP contribution in [0.25, 0.3) is 6.08 Å². The third-order valence-electron chi connectivity index (χ3n) is 4.48. The Balaban J connectivity index is 1.70. The summed E-state index contributed by atoms with van der Waals surface area (Å²) in [7, 11) is 0. The number of aliphatic hydroxyl groups excluding tert-OH is 1. The van der Waals surface area contributed by atoms with E-state index >= 15 is 0 Å². The highest BCUT2D eigenvalue weighted by Gasteiger charge is 2.22. The summed E-state index contributed by atoms with van der Waals surface area (Å²) in [5.41, 5.74) is 1.10. The van der Waals surface area contributed by atoms with Crippen molar-refractivity contribution in [1.82, 2.24) is 9.55 Å². The fourth-order valence-electron chi connectivity index (χ4n) is 3.06. The number of ether oxygens (including phenoxy) is 2. The molecule has 1 aromatic carbocycles. The Morgan fingerprint density at radius 2 is 2.19 bits per heavy atom. The summed E-state index contributed by atoms with van der Waals surface area (Å²) < 4.78 is 14.9. The van der Waals surface area contributed by atoms with Gasteiger partial charge in [-0.1, -0.05) is 24.3 Å². The van der Waals surface area contributed by atoms with Gasteiger partial charge in [-0.25, -0.2) is 4.98 Å². The summed E-state index contributed by atoms with van der Waals surface area (Å²) in [6.07, 6.45) is 10.4. The number of benzene rings is 1. The summed E-state index contributed by atoms with van der Waals surface area (Å²) in [5.74, 6) is 0.797. The predicted molar refractivity (Wildman–Crippen MR) is 110 cm³/mol. The van der Waals surface area contributed by atoms with E-state index in [1.807, 2.05) is 29.8 Å². The molecule has 140 valence electrons. The van der Waals surface area contributed by atoms with Gasteiger partial charge in [0, 0.05) is 22.6 Å². The van der Waals surface area contributed by atoms with Crippen molar-refractivity contribution in [2.24, 2.45) is 0 Å². The van der Waals surface area contributed by atoms with E-state index in [0.29, 0.717) is 0 Å². The first-order valence-corrected chi connectivity index (χ1v) is 10.1. The summed E-state index contributed by atoms with van der Waals surface area (Å²) >= 11 is 2.29. The highest BCUT2D eigenvalue weighted by Crippen LogP contribution is 2.25. The molecule has 3 unspecified atom stereocenters. The molecular formula is C20H25IN2O3. The van der Waals surface area contributed by atoms with Gasteiger partial charge in [-0.2, -0.15) is 0 Å². The van der Waals surface area contributed by atoms with Crippen molar-refractivity contribution < 1.29 is 14.6 Å². The Morgan fingerprint density at radius 3 is 2.88 bits per heavy atom. The van der Waals surface area contributed by atoms with E-state index in [9.17, 15) is 5.11 Å². The number of halogens is 1. The zero-order valence-corrected chi connectivity index (χ0v) is 17.1. The first kappa shape index (κ1) is 19.5.